The number of rotatable bonds is 2. The van der Waals surface area contributed by atoms with Crippen molar-refractivity contribution in [1.82, 2.24) is 9.88 Å². The number of aryl methyl sites for hydroxylation is 1. The summed E-state index contributed by atoms with van der Waals surface area (Å²) in [6, 6.07) is 6.52. The lowest BCUT2D eigenvalue weighted by atomic mass is 10.1. The summed E-state index contributed by atoms with van der Waals surface area (Å²) in [5.74, 6) is -0.138. The van der Waals surface area contributed by atoms with Gasteiger partial charge in [-0.3, -0.25) is 9.78 Å². The van der Waals surface area contributed by atoms with Crippen LogP contribution in [0, 0.1) is 12.7 Å². The number of benzene rings is 1. The fourth-order valence-electron chi connectivity index (χ4n) is 3.12. The number of hydrogen-bond acceptors (Lipinski definition) is 3. The maximum atomic E-state index is 13.6. The SMILES string of the molecule is Cc1cc(NC2CC(=O)N(C(C)(C)C)C2)c2cc(F)ccc2n1. The van der Waals surface area contributed by atoms with Crippen LogP contribution in [0.3, 0.4) is 0 Å². The lowest BCUT2D eigenvalue weighted by Gasteiger charge is -2.32. The van der Waals surface area contributed by atoms with E-state index in [1.807, 2.05) is 38.7 Å². The molecular weight excluding hydrogens is 293 g/mol. The Morgan fingerprint density at radius 3 is 2.70 bits per heavy atom. The summed E-state index contributed by atoms with van der Waals surface area (Å²) < 4.78 is 13.6. The van der Waals surface area contributed by atoms with E-state index < -0.39 is 0 Å². The first kappa shape index (κ1) is 15.7. The first-order chi connectivity index (χ1) is 10.7. The molecule has 1 aromatic carbocycles. The van der Waals surface area contributed by atoms with Crippen LogP contribution in [0.1, 0.15) is 32.9 Å². The van der Waals surface area contributed by atoms with Gasteiger partial charge in [0, 0.05) is 35.3 Å². The number of likely N-dealkylation sites (tertiary alicyclic amines) is 1. The van der Waals surface area contributed by atoms with Gasteiger partial charge >= 0.3 is 0 Å². The van der Waals surface area contributed by atoms with E-state index in [1.54, 1.807) is 6.07 Å². The number of anilines is 1. The van der Waals surface area contributed by atoms with Gasteiger partial charge in [-0.15, -0.1) is 0 Å². The third-order valence-corrected chi connectivity index (χ3v) is 4.19. The third-order valence-electron chi connectivity index (χ3n) is 4.19. The van der Waals surface area contributed by atoms with Crippen molar-refractivity contribution in [3.63, 3.8) is 0 Å². The van der Waals surface area contributed by atoms with E-state index in [4.69, 9.17) is 0 Å². The molecule has 2 aromatic rings. The maximum Gasteiger partial charge on any atom is 0.225 e. The molecule has 1 saturated heterocycles. The van der Waals surface area contributed by atoms with Crippen LogP contribution in [0.2, 0.25) is 0 Å². The zero-order valence-electron chi connectivity index (χ0n) is 14.0. The maximum absolute atomic E-state index is 13.6. The highest BCUT2D eigenvalue weighted by atomic mass is 19.1. The zero-order valence-corrected chi connectivity index (χ0v) is 14.0. The Bertz CT molecular complexity index is 767. The van der Waals surface area contributed by atoms with Gasteiger partial charge in [-0.25, -0.2) is 4.39 Å². The molecule has 122 valence electrons. The van der Waals surface area contributed by atoms with Gasteiger partial charge in [0.25, 0.3) is 0 Å². The van der Waals surface area contributed by atoms with E-state index in [-0.39, 0.29) is 23.3 Å². The molecule has 1 N–H and O–H groups in total. The van der Waals surface area contributed by atoms with Gasteiger partial charge in [0.2, 0.25) is 5.91 Å². The van der Waals surface area contributed by atoms with Gasteiger partial charge in [0.15, 0.2) is 0 Å². The van der Waals surface area contributed by atoms with Crippen molar-refractivity contribution in [2.45, 2.75) is 45.7 Å². The highest BCUT2D eigenvalue weighted by molar-refractivity contribution is 5.92. The summed E-state index contributed by atoms with van der Waals surface area (Å²) >= 11 is 0. The molecule has 0 bridgehead atoms. The Labute approximate surface area is 135 Å². The van der Waals surface area contributed by atoms with Crippen molar-refractivity contribution < 1.29 is 9.18 Å². The van der Waals surface area contributed by atoms with E-state index in [0.717, 1.165) is 22.3 Å². The molecular formula is C18H22FN3O. The Balaban J connectivity index is 1.91. The van der Waals surface area contributed by atoms with Gasteiger partial charge in [-0.05, 0) is 52.0 Å². The predicted molar refractivity (Wildman–Crippen MR) is 89.9 cm³/mol. The van der Waals surface area contributed by atoms with Crippen molar-refractivity contribution >= 4 is 22.5 Å². The zero-order chi connectivity index (χ0) is 16.8. The topological polar surface area (TPSA) is 45.2 Å². The van der Waals surface area contributed by atoms with Crippen LogP contribution in [0.5, 0.6) is 0 Å². The average Bonchev–Trinajstić information content (AvgIpc) is 2.80. The first-order valence-corrected chi connectivity index (χ1v) is 7.88. The molecule has 0 radical (unpaired) electrons. The number of carbonyl (C=O) groups is 1. The van der Waals surface area contributed by atoms with E-state index in [1.165, 1.54) is 12.1 Å². The second-order valence-electron chi connectivity index (χ2n) is 7.19. The number of hydrogen-bond donors (Lipinski definition) is 1. The quantitative estimate of drug-likeness (QED) is 0.922. The molecule has 5 heteroatoms. The Morgan fingerprint density at radius 1 is 1.30 bits per heavy atom. The lowest BCUT2D eigenvalue weighted by Crippen LogP contribution is -2.43. The van der Waals surface area contributed by atoms with E-state index >= 15 is 0 Å². The Hall–Kier alpha value is -2.17. The summed E-state index contributed by atoms with van der Waals surface area (Å²) in [7, 11) is 0. The first-order valence-electron chi connectivity index (χ1n) is 7.88. The van der Waals surface area contributed by atoms with E-state index in [0.29, 0.717) is 13.0 Å². The fraction of sp³-hybridized carbons (Fsp3) is 0.444. The Kier molecular flexibility index (Phi) is 3.74. The molecule has 1 aliphatic heterocycles. The van der Waals surface area contributed by atoms with Crippen molar-refractivity contribution in [2.75, 3.05) is 11.9 Å². The van der Waals surface area contributed by atoms with Crippen LogP contribution in [-0.2, 0) is 4.79 Å². The number of halogens is 1. The van der Waals surface area contributed by atoms with Crippen LogP contribution in [-0.4, -0.2) is 33.9 Å². The van der Waals surface area contributed by atoms with Gasteiger partial charge in [-0.2, -0.15) is 0 Å². The number of amides is 1. The second kappa shape index (κ2) is 5.48. The summed E-state index contributed by atoms with van der Waals surface area (Å²) in [6.07, 6.45) is 0.454. The number of pyridine rings is 1. The number of nitrogens with one attached hydrogen (secondary N) is 1. The van der Waals surface area contributed by atoms with Crippen LogP contribution in [0.25, 0.3) is 10.9 Å². The number of aromatic nitrogens is 1. The van der Waals surface area contributed by atoms with Gasteiger partial charge in [-0.1, -0.05) is 0 Å². The monoisotopic (exact) mass is 315 g/mol. The molecule has 0 aliphatic carbocycles. The Morgan fingerprint density at radius 2 is 2.04 bits per heavy atom. The van der Waals surface area contributed by atoms with Crippen molar-refractivity contribution in [1.29, 1.82) is 0 Å². The summed E-state index contributed by atoms with van der Waals surface area (Å²) in [6.45, 7) is 8.67. The third kappa shape index (κ3) is 3.14. The minimum atomic E-state index is -0.287. The lowest BCUT2D eigenvalue weighted by molar-refractivity contribution is -0.131. The minimum Gasteiger partial charge on any atom is -0.379 e. The molecule has 1 unspecified atom stereocenters. The van der Waals surface area contributed by atoms with Gasteiger partial charge < -0.3 is 10.2 Å². The summed E-state index contributed by atoms with van der Waals surface area (Å²) in [5, 5.41) is 4.16. The van der Waals surface area contributed by atoms with Crippen LogP contribution in [0.4, 0.5) is 10.1 Å². The molecule has 1 amide bonds. The normalized spacial score (nSPS) is 18.7. The van der Waals surface area contributed by atoms with Gasteiger partial charge in [0.1, 0.15) is 5.82 Å². The smallest absolute Gasteiger partial charge is 0.225 e. The molecule has 1 aliphatic rings. The molecule has 23 heavy (non-hydrogen) atoms. The minimum absolute atomic E-state index is 0.0231. The van der Waals surface area contributed by atoms with Crippen molar-refractivity contribution in [2.24, 2.45) is 0 Å². The van der Waals surface area contributed by atoms with Crippen molar-refractivity contribution in [3.05, 3.63) is 35.8 Å². The molecule has 4 nitrogen and oxygen atoms in total. The fourth-order valence-corrected chi connectivity index (χ4v) is 3.12. The standard InChI is InChI=1S/C18H22FN3O/c1-11-7-16(14-8-12(19)5-6-15(14)20-11)21-13-9-17(23)22(10-13)18(2,3)4/h5-8,13H,9-10H2,1-4H3,(H,20,21). The molecule has 1 aromatic heterocycles. The molecule has 1 fully saturated rings. The molecule has 0 saturated carbocycles. The van der Waals surface area contributed by atoms with E-state index in [2.05, 4.69) is 10.3 Å². The molecule has 0 spiro atoms. The van der Waals surface area contributed by atoms with Crippen LogP contribution >= 0.6 is 0 Å². The molecule has 3 rings (SSSR count). The predicted octanol–water partition coefficient (Wildman–Crippen LogP) is 3.49. The molecule has 2 heterocycles. The van der Waals surface area contributed by atoms with Crippen molar-refractivity contribution in [3.8, 4) is 0 Å². The second-order valence-corrected chi connectivity index (χ2v) is 7.19. The average molecular weight is 315 g/mol. The largest absolute Gasteiger partial charge is 0.379 e. The number of carbonyl (C=O) groups excluding carboxylic acids is 1. The van der Waals surface area contributed by atoms with Gasteiger partial charge in [0.05, 0.1) is 11.6 Å². The van der Waals surface area contributed by atoms with Crippen LogP contribution < -0.4 is 5.32 Å². The summed E-state index contributed by atoms with van der Waals surface area (Å²) in [5.41, 5.74) is 2.27. The highest BCUT2D eigenvalue weighted by Crippen LogP contribution is 2.28. The van der Waals surface area contributed by atoms with E-state index in [9.17, 15) is 9.18 Å². The molecule has 1 atom stereocenters. The summed E-state index contributed by atoms with van der Waals surface area (Å²) in [4.78, 5) is 18.5. The van der Waals surface area contributed by atoms with Crippen LogP contribution in [0.15, 0.2) is 24.3 Å². The number of fused-ring (bicyclic) bond motifs is 1. The highest BCUT2D eigenvalue weighted by Gasteiger charge is 2.36. The number of nitrogens with zero attached hydrogens (tertiary/aromatic N) is 2.